The Labute approximate surface area is 245 Å². The van der Waals surface area contributed by atoms with E-state index in [9.17, 15) is 0 Å². The molecule has 7 fully saturated rings. The normalized spacial score (nSPS) is 41.9. The molecule has 4 aromatic rings. The topological polar surface area (TPSA) is 46.2 Å². The maximum absolute atomic E-state index is 7.25. The van der Waals surface area contributed by atoms with Crippen LogP contribution in [0.1, 0.15) is 6.42 Å². The molecule has 4 bridgehead atoms. The summed E-state index contributed by atoms with van der Waals surface area (Å²) in [5, 5.41) is 4.66. The molecule has 10 unspecified atom stereocenters. The van der Waals surface area contributed by atoms with Gasteiger partial charge in [0.25, 0.3) is 0 Å². The lowest BCUT2D eigenvalue weighted by Gasteiger charge is -2.47. The van der Waals surface area contributed by atoms with Gasteiger partial charge in [0, 0.05) is 11.1 Å². The van der Waals surface area contributed by atoms with Crippen molar-refractivity contribution in [1.29, 1.82) is 0 Å². The molecule has 5 aliphatic carbocycles. The first-order valence-corrected chi connectivity index (χ1v) is 16.0. The highest BCUT2D eigenvalue weighted by Crippen LogP contribution is 2.93. The van der Waals surface area contributed by atoms with Gasteiger partial charge in [0.2, 0.25) is 0 Å². The first-order chi connectivity index (χ1) is 20.8. The van der Waals surface area contributed by atoms with Gasteiger partial charge in [-0.2, -0.15) is 0 Å². The average Bonchev–Trinajstić information content (AvgIpc) is 3.69. The Morgan fingerprint density at radius 3 is 1.55 bits per heavy atom. The monoisotopic (exact) mass is 558 g/mol. The second kappa shape index (κ2) is 7.88. The van der Waals surface area contributed by atoms with Gasteiger partial charge in [-0.1, -0.05) is 60.7 Å². The number of hydrogen-bond donors (Lipinski definition) is 0. The van der Waals surface area contributed by atoms with Gasteiger partial charge in [-0.05, 0) is 87.4 Å². The number of rotatable bonds is 0. The molecule has 4 aromatic carbocycles. The third-order valence-corrected chi connectivity index (χ3v) is 12.8. The Morgan fingerprint density at radius 1 is 0.524 bits per heavy atom. The zero-order chi connectivity index (χ0) is 27.2. The highest BCUT2D eigenvalue weighted by Gasteiger charge is 2.96. The van der Waals surface area contributed by atoms with E-state index in [0.29, 0.717) is 63.3 Å². The standard InChI is InChI=1S/C37H34O5/c1-3-7-22-20(5-1)9-11-26-28(22)29-23-8-4-2-6-21(23)10-12-27(29)41-16-14-39-19-37-33-25-17-24-30-31(25)35(37)34(30)36(42-37,32(24)33)18-38-13-15-40-26/h1-12,24-25,30-35H,13-19H2. The Balaban J connectivity index is 1.01. The fraction of sp³-hybridized carbons (Fsp3) is 0.459. The maximum Gasteiger partial charge on any atom is 0.128 e. The average molecular weight is 559 g/mol. The summed E-state index contributed by atoms with van der Waals surface area (Å²) >= 11 is 0. The summed E-state index contributed by atoms with van der Waals surface area (Å²) in [7, 11) is 0. The van der Waals surface area contributed by atoms with Crippen LogP contribution in [0.2, 0.25) is 0 Å². The van der Waals surface area contributed by atoms with E-state index in [2.05, 4.69) is 72.8 Å². The molecule has 42 heavy (non-hydrogen) atoms. The lowest BCUT2D eigenvalue weighted by Crippen LogP contribution is -2.54. The fourth-order valence-electron chi connectivity index (χ4n) is 12.1. The number of benzene rings is 4. The molecule has 5 nitrogen and oxygen atoms in total. The SMILES string of the molecule is c1ccc2c3c(ccc2c1)OCCOCC12OC4(COCCOc5ccc6ccccc6c5-3)C3C5CC(C6C5C4C61)C32. The van der Waals surface area contributed by atoms with Crippen molar-refractivity contribution < 1.29 is 23.7 Å². The van der Waals surface area contributed by atoms with E-state index >= 15 is 0 Å². The Bertz CT molecular complexity index is 1670. The van der Waals surface area contributed by atoms with Gasteiger partial charge >= 0.3 is 0 Å². The molecular weight excluding hydrogens is 524 g/mol. The molecule has 5 heteroatoms. The van der Waals surface area contributed by atoms with E-state index in [-0.39, 0.29) is 11.2 Å². The Kier molecular flexibility index (Phi) is 4.38. The molecule has 0 radical (unpaired) electrons. The van der Waals surface area contributed by atoms with Gasteiger partial charge in [-0.3, -0.25) is 0 Å². The van der Waals surface area contributed by atoms with Crippen LogP contribution in [0.15, 0.2) is 72.8 Å². The van der Waals surface area contributed by atoms with Crippen molar-refractivity contribution in [2.75, 3.05) is 39.6 Å². The Morgan fingerprint density at radius 2 is 1.02 bits per heavy atom. The molecule has 10 atom stereocenters. The molecule has 12 rings (SSSR count). The first kappa shape index (κ1) is 23.3. The number of fused-ring (bicyclic) bond motifs is 7. The first-order valence-electron chi connectivity index (χ1n) is 16.0. The smallest absolute Gasteiger partial charge is 0.128 e. The maximum atomic E-state index is 7.25. The summed E-state index contributed by atoms with van der Waals surface area (Å²) in [5.41, 5.74) is 1.95. The van der Waals surface area contributed by atoms with E-state index in [1.807, 2.05) is 0 Å². The van der Waals surface area contributed by atoms with Gasteiger partial charge in [-0.25, -0.2) is 0 Å². The van der Waals surface area contributed by atoms with Crippen LogP contribution in [0.4, 0.5) is 0 Å². The predicted molar refractivity (Wildman–Crippen MR) is 159 cm³/mol. The van der Waals surface area contributed by atoms with Gasteiger partial charge in [-0.15, -0.1) is 0 Å². The summed E-state index contributed by atoms with van der Waals surface area (Å²) in [6.07, 6.45) is 1.42. The van der Waals surface area contributed by atoms with Crippen LogP contribution in [-0.2, 0) is 14.2 Å². The van der Waals surface area contributed by atoms with Gasteiger partial charge < -0.3 is 23.7 Å². The molecule has 0 aromatic heterocycles. The van der Waals surface area contributed by atoms with Crippen molar-refractivity contribution in [1.82, 2.24) is 0 Å². The van der Waals surface area contributed by atoms with Gasteiger partial charge in [0.1, 0.15) is 24.7 Å². The molecule has 2 saturated heterocycles. The van der Waals surface area contributed by atoms with E-state index in [4.69, 9.17) is 23.7 Å². The highest BCUT2D eigenvalue weighted by atomic mass is 16.6. The lowest BCUT2D eigenvalue weighted by atomic mass is 9.55. The fourth-order valence-corrected chi connectivity index (χ4v) is 12.1. The summed E-state index contributed by atoms with van der Waals surface area (Å²) in [4.78, 5) is 0. The van der Waals surface area contributed by atoms with Crippen molar-refractivity contribution in [3.8, 4) is 22.6 Å². The van der Waals surface area contributed by atoms with E-state index in [1.54, 1.807) is 0 Å². The van der Waals surface area contributed by atoms with E-state index < -0.39 is 0 Å². The van der Waals surface area contributed by atoms with Crippen molar-refractivity contribution in [2.45, 2.75) is 17.6 Å². The molecule has 2 spiro atoms. The number of ether oxygens (including phenoxy) is 5. The minimum atomic E-state index is -0.0938. The quantitative estimate of drug-likeness (QED) is 0.251. The lowest BCUT2D eigenvalue weighted by molar-refractivity contribution is -0.134. The Hall–Kier alpha value is -3.12. The second-order valence-corrected chi connectivity index (χ2v) is 14.0. The van der Waals surface area contributed by atoms with Crippen LogP contribution < -0.4 is 9.47 Å². The molecule has 212 valence electrons. The van der Waals surface area contributed by atoms with Crippen LogP contribution >= 0.6 is 0 Å². The zero-order valence-corrected chi connectivity index (χ0v) is 23.5. The highest BCUT2D eigenvalue weighted by molar-refractivity contribution is 6.09. The van der Waals surface area contributed by atoms with E-state index in [0.717, 1.165) is 57.1 Å². The van der Waals surface area contributed by atoms with Crippen LogP contribution in [-0.4, -0.2) is 50.8 Å². The van der Waals surface area contributed by atoms with Crippen molar-refractivity contribution in [2.24, 2.45) is 47.3 Å². The van der Waals surface area contributed by atoms with Crippen molar-refractivity contribution >= 4 is 21.5 Å². The minimum absolute atomic E-state index is 0.0938. The van der Waals surface area contributed by atoms with Crippen molar-refractivity contribution in [3.05, 3.63) is 72.8 Å². The second-order valence-electron chi connectivity index (χ2n) is 14.0. The molecule has 3 heterocycles. The van der Waals surface area contributed by atoms with Crippen LogP contribution in [0, 0.1) is 47.3 Å². The third kappa shape index (κ3) is 2.53. The summed E-state index contributed by atoms with van der Waals surface area (Å²) in [6, 6.07) is 25.6. The third-order valence-electron chi connectivity index (χ3n) is 12.8. The number of hydrogen-bond acceptors (Lipinski definition) is 5. The largest absolute Gasteiger partial charge is 0.491 e. The molecule has 8 aliphatic rings. The van der Waals surface area contributed by atoms with Crippen LogP contribution in [0.5, 0.6) is 11.5 Å². The molecular formula is C37H34O5. The zero-order valence-electron chi connectivity index (χ0n) is 23.5. The van der Waals surface area contributed by atoms with Crippen molar-refractivity contribution in [3.63, 3.8) is 0 Å². The molecule has 5 saturated carbocycles. The molecule has 0 N–H and O–H groups in total. The summed E-state index contributed by atoms with van der Waals surface area (Å²) < 4.78 is 33.5. The summed E-state index contributed by atoms with van der Waals surface area (Å²) in [6.45, 7) is 3.50. The van der Waals surface area contributed by atoms with Crippen LogP contribution in [0.25, 0.3) is 32.7 Å². The minimum Gasteiger partial charge on any atom is -0.491 e. The summed E-state index contributed by atoms with van der Waals surface area (Å²) in [5.74, 6) is 7.87. The molecule has 3 aliphatic heterocycles. The molecule has 0 amide bonds. The van der Waals surface area contributed by atoms with Crippen LogP contribution in [0.3, 0.4) is 0 Å². The van der Waals surface area contributed by atoms with Gasteiger partial charge in [0.15, 0.2) is 0 Å². The van der Waals surface area contributed by atoms with E-state index in [1.165, 1.54) is 17.2 Å². The van der Waals surface area contributed by atoms with Gasteiger partial charge in [0.05, 0.1) is 37.6 Å². The predicted octanol–water partition coefficient (Wildman–Crippen LogP) is 6.36.